The van der Waals surface area contributed by atoms with Gasteiger partial charge in [0.25, 0.3) is 0 Å². The smallest absolute Gasteiger partial charge is 0.307 e. The van der Waals surface area contributed by atoms with Crippen LogP contribution >= 0.6 is 11.8 Å². The first-order chi connectivity index (χ1) is 9.56. The molecule has 0 unspecified atom stereocenters. The quantitative estimate of drug-likeness (QED) is 0.923. The van der Waals surface area contributed by atoms with Crippen molar-refractivity contribution in [3.05, 3.63) is 30.3 Å². The Kier molecular flexibility index (Phi) is 5.06. The highest BCUT2D eigenvalue weighted by molar-refractivity contribution is 8.14. The van der Waals surface area contributed by atoms with E-state index in [4.69, 9.17) is 0 Å². The Bertz CT molecular complexity index is 487. The number of thioether (sulfide) groups is 1. The summed E-state index contributed by atoms with van der Waals surface area (Å²) in [5.74, 6) is 0.399. The molecule has 20 heavy (non-hydrogen) atoms. The number of urea groups is 1. The highest BCUT2D eigenvalue weighted by atomic mass is 32.2. The lowest BCUT2D eigenvalue weighted by Crippen LogP contribution is -2.40. The third kappa shape index (κ3) is 4.00. The molecule has 1 heterocycles. The number of amides is 2. The summed E-state index contributed by atoms with van der Waals surface area (Å²) in [7, 11) is 0. The lowest BCUT2D eigenvalue weighted by Gasteiger charge is -2.24. The van der Waals surface area contributed by atoms with Crippen LogP contribution in [0, 0.1) is 5.92 Å². The van der Waals surface area contributed by atoms with Gasteiger partial charge in [-0.3, -0.25) is 9.89 Å². The lowest BCUT2D eigenvalue weighted by atomic mass is 10.2. The van der Waals surface area contributed by atoms with Gasteiger partial charge < -0.3 is 5.32 Å². The number of hydrogen-bond donors (Lipinski definition) is 1. The van der Waals surface area contributed by atoms with Crippen LogP contribution < -0.4 is 5.32 Å². The minimum atomic E-state index is -0.106. The van der Waals surface area contributed by atoms with Crippen LogP contribution in [0.3, 0.4) is 0 Å². The van der Waals surface area contributed by atoms with Crippen molar-refractivity contribution >= 4 is 28.6 Å². The van der Waals surface area contributed by atoms with E-state index in [1.165, 1.54) is 0 Å². The summed E-state index contributed by atoms with van der Waals surface area (Å²) in [4.78, 5) is 18.7. The summed E-state index contributed by atoms with van der Waals surface area (Å²) in [5, 5.41) is 4.21. The fourth-order valence-electron chi connectivity index (χ4n) is 1.94. The fraction of sp³-hybridized carbons (Fsp3) is 0.467. The Hall–Kier alpha value is -1.49. The minimum Gasteiger partial charge on any atom is -0.307 e. The number of rotatable bonds is 3. The zero-order chi connectivity index (χ0) is 14.5. The Labute approximate surface area is 124 Å². The maximum Gasteiger partial charge on any atom is 0.327 e. The number of carbonyl (C=O) groups excluding carboxylic acids is 1. The van der Waals surface area contributed by atoms with Crippen LogP contribution in [0.2, 0.25) is 0 Å². The van der Waals surface area contributed by atoms with Crippen molar-refractivity contribution in [3.8, 4) is 0 Å². The third-order valence-corrected chi connectivity index (χ3v) is 3.95. The summed E-state index contributed by atoms with van der Waals surface area (Å²) in [5.41, 5.74) is 0.808. The average Bonchev–Trinajstić information content (AvgIpc) is 2.83. The maximum absolute atomic E-state index is 12.5. The van der Waals surface area contributed by atoms with E-state index in [1.807, 2.05) is 30.3 Å². The molecular weight excluding hydrogens is 270 g/mol. The van der Waals surface area contributed by atoms with E-state index in [1.54, 1.807) is 16.7 Å². The van der Waals surface area contributed by atoms with E-state index >= 15 is 0 Å². The van der Waals surface area contributed by atoms with Crippen molar-refractivity contribution in [1.82, 2.24) is 4.90 Å². The van der Waals surface area contributed by atoms with Crippen LogP contribution in [0.15, 0.2) is 35.3 Å². The molecule has 0 spiro atoms. The standard InChI is InChI=1S/C15H21N3OS/c1-11(2)10-18(15-16-9-12(3)20-15)14(19)17-13-7-5-4-6-8-13/h4-8,11-12H,9-10H2,1-3H3,(H,17,19)/t12-/m1/s1. The topological polar surface area (TPSA) is 44.7 Å². The molecule has 0 fully saturated rings. The van der Waals surface area contributed by atoms with Crippen molar-refractivity contribution in [3.63, 3.8) is 0 Å². The first kappa shape index (κ1) is 14.9. The number of hydrogen-bond acceptors (Lipinski definition) is 3. The predicted octanol–water partition coefficient (Wildman–Crippen LogP) is 3.67. The second kappa shape index (κ2) is 6.79. The van der Waals surface area contributed by atoms with Crippen molar-refractivity contribution in [2.75, 3.05) is 18.4 Å². The van der Waals surface area contributed by atoms with E-state index in [-0.39, 0.29) is 6.03 Å². The molecule has 0 bridgehead atoms. The van der Waals surface area contributed by atoms with Crippen LogP contribution in [0.1, 0.15) is 20.8 Å². The average molecular weight is 291 g/mol. The van der Waals surface area contributed by atoms with Gasteiger partial charge in [0.15, 0.2) is 5.17 Å². The lowest BCUT2D eigenvalue weighted by molar-refractivity contribution is 0.230. The number of para-hydroxylation sites is 1. The van der Waals surface area contributed by atoms with Gasteiger partial charge in [-0.25, -0.2) is 4.79 Å². The zero-order valence-electron chi connectivity index (χ0n) is 12.2. The molecule has 0 saturated carbocycles. The number of nitrogens with one attached hydrogen (secondary N) is 1. The van der Waals surface area contributed by atoms with Gasteiger partial charge in [-0.15, -0.1) is 0 Å². The molecule has 0 aromatic heterocycles. The Balaban J connectivity index is 2.08. The molecule has 4 nitrogen and oxygen atoms in total. The van der Waals surface area contributed by atoms with Crippen LogP contribution in [0.5, 0.6) is 0 Å². The van der Waals surface area contributed by atoms with E-state index in [0.29, 0.717) is 17.7 Å². The monoisotopic (exact) mass is 291 g/mol. The molecule has 0 aliphatic carbocycles. The number of carbonyl (C=O) groups is 1. The molecule has 1 N–H and O–H groups in total. The fourth-order valence-corrected chi connectivity index (χ4v) is 2.88. The molecule has 2 amide bonds. The number of benzene rings is 1. The van der Waals surface area contributed by atoms with Crippen LogP contribution in [0.4, 0.5) is 10.5 Å². The third-order valence-electron chi connectivity index (χ3n) is 2.84. The molecule has 1 aliphatic rings. The molecule has 1 atom stereocenters. The van der Waals surface area contributed by atoms with Gasteiger partial charge in [-0.1, -0.05) is 50.7 Å². The van der Waals surface area contributed by atoms with Gasteiger partial charge >= 0.3 is 6.03 Å². The van der Waals surface area contributed by atoms with Gasteiger partial charge in [-0.05, 0) is 18.1 Å². The molecule has 2 rings (SSSR count). The first-order valence-corrected chi connectivity index (χ1v) is 7.79. The maximum atomic E-state index is 12.5. The van der Waals surface area contributed by atoms with Gasteiger partial charge in [0.05, 0.1) is 6.54 Å². The van der Waals surface area contributed by atoms with Gasteiger partial charge in [0.2, 0.25) is 0 Å². The van der Waals surface area contributed by atoms with Gasteiger partial charge in [-0.2, -0.15) is 0 Å². The molecule has 1 aromatic carbocycles. The number of anilines is 1. The van der Waals surface area contributed by atoms with Crippen molar-refractivity contribution in [2.45, 2.75) is 26.0 Å². The van der Waals surface area contributed by atoms with Gasteiger partial charge in [0.1, 0.15) is 0 Å². The second-order valence-electron chi connectivity index (χ2n) is 5.35. The highest BCUT2D eigenvalue weighted by Gasteiger charge is 2.26. The molecule has 5 heteroatoms. The largest absolute Gasteiger partial charge is 0.327 e. The zero-order valence-corrected chi connectivity index (χ0v) is 13.0. The Morgan fingerprint density at radius 3 is 2.70 bits per heavy atom. The van der Waals surface area contributed by atoms with E-state index in [9.17, 15) is 4.79 Å². The molecule has 0 radical (unpaired) electrons. The predicted molar refractivity (Wildman–Crippen MR) is 86.4 cm³/mol. The molecule has 0 saturated heterocycles. The highest BCUT2D eigenvalue weighted by Crippen LogP contribution is 2.24. The number of aliphatic imine (C=N–C) groups is 1. The summed E-state index contributed by atoms with van der Waals surface area (Å²) < 4.78 is 0. The van der Waals surface area contributed by atoms with Crippen molar-refractivity contribution in [1.29, 1.82) is 0 Å². The van der Waals surface area contributed by atoms with E-state index < -0.39 is 0 Å². The number of nitrogens with zero attached hydrogens (tertiary/aromatic N) is 2. The molecular formula is C15H21N3OS. The molecule has 1 aromatic rings. The Morgan fingerprint density at radius 1 is 1.45 bits per heavy atom. The summed E-state index contributed by atoms with van der Waals surface area (Å²) >= 11 is 1.67. The van der Waals surface area contributed by atoms with Gasteiger partial charge in [0, 0.05) is 17.5 Å². The Morgan fingerprint density at radius 2 is 2.15 bits per heavy atom. The molecule has 108 valence electrons. The normalized spacial score (nSPS) is 18.0. The van der Waals surface area contributed by atoms with Crippen molar-refractivity contribution < 1.29 is 4.79 Å². The summed E-state index contributed by atoms with van der Waals surface area (Å²) in [6.07, 6.45) is 0. The van der Waals surface area contributed by atoms with Crippen LogP contribution in [0.25, 0.3) is 0 Å². The molecule has 1 aliphatic heterocycles. The summed E-state index contributed by atoms with van der Waals surface area (Å²) in [6, 6.07) is 9.42. The van der Waals surface area contributed by atoms with Crippen LogP contribution in [-0.2, 0) is 0 Å². The van der Waals surface area contributed by atoms with E-state index in [0.717, 1.165) is 17.4 Å². The van der Waals surface area contributed by atoms with E-state index in [2.05, 4.69) is 31.1 Å². The van der Waals surface area contributed by atoms with Crippen LogP contribution in [-0.4, -0.2) is 34.4 Å². The van der Waals surface area contributed by atoms with Crippen molar-refractivity contribution in [2.24, 2.45) is 10.9 Å². The first-order valence-electron chi connectivity index (χ1n) is 6.91. The summed E-state index contributed by atoms with van der Waals surface area (Å²) in [6.45, 7) is 7.80. The second-order valence-corrected chi connectivity index (χ2v) is 6.76. The minimum absolute atomic E-state index is 0.106. The number of amidine groups is 1. The SMILES string of the molecule is CC(C)CN(C(=O)Nc1ccccc1)C1=NC[C@@H](C)S1.